The number of ether oxygens (including phenoxy) is 1. The summed E-state index contributed by atoms with van der Waals surface area (Å²) in [6.45, 7) is 3.02. The SMILES string of the molecule is CCC1(CC)C(OS(=O)(=O)C(F)(F)C(F)(F)C(F)(F)C(F)(F)F)=CCCc2cc(OC)ccc21. The second-order valence-electron chi connectivity index (χ2n) is 7.62. The summed E-state index contributed by atoms with van der Waals surface area (Å²) in [5, 5.41) is -6.93. The summed E-state index contributed by atoms with van der Waals surface area (Å²) in [4.78, 5) is 0. The largest absolute Gasteiger partial charge is 0.497 e. The number of hydrogen-bond donors (Lipinski definition) is 0. The second-order valence-corrected chi connectivity index (χ2v) is 9.21. The van der Waals surface area contributed by atoms with Crippen LogP contribution in [0.4, 0.5) is 39.5 Å². The Hall–Kier alpha value is -2.12. The monoisotopic (exact) mass is 528 g/mol. The van der Waals surface area contributed by atoms with E-state index >= 15 is 0 Å². The normalized spacial score (nSPS) is 17.5. The number of allylic oxidation sites excluding steroid dienone is 2. The minimum Gasteiger partial charge on any atom is -0.497 e. The molecule has 0 heterocycles. The van der Waals surface area contributed by atoms with Gasteiger partial charge in [-0.05, 0) is 55.0 Å². The third-order valence-electron chi connectivity index (χ3n) is 5.88. The van der Waals surface area contributed by atoms with Crippen LogP contribution in [0.25, 0.3) is 0 Å². The zero-order valence-electron chi connectivity index (χ0n) is 18.1. The predicted octanol–water partition coefficient (Wildman–Crippen LogP) is 6.36. The lowest BCUT2D eigenvalue weighted by atomic mass is 9.73. The van der Waals surface area contributed by atoms with Crippen molar-refractivity contribution in [2.75, 3.05) is 7.11 Å². The van der Waals surface area contributed by atoms with E-state index in [1.807, 2.05) is 0 Å². The van der Waals surface area contributed by atoms with Gasteiger partial charge in [0.15, 0.2) is 0 Å². The molecule has 194 valence electrons. The van der Waals surface area contributed by atoms with Gasteiger partial charge in [-0.2, -0.15) is 47.9 Å². The average molecular weight is 528 g/mol. The number of methoxy groups -OCH3 is 1. The molecule has 0 saturated heterocycles. The summed E-state index contributed by atoms with van der Waals surface area (Å²) in [7, 11) is -5.66. The molecular weight excluding hydrogens is 507 g/mol. The maximum atomic E-state index is 14.2. The molecule has 0 spiro atoms. The molecule has 0 saturated carbocycles. The zero-order chi connectivity index (χ0) is 26.4. The summed E-state index contributed by atoms with van der Waals surface area (Å²) in [5.74, 6) is -15.1. The van der Waals surface area contributed by atoms with Gasteiger partial charge >= 0.3 is 33.4 Å². The first-order chi connectivity index (χ1) is 15.4. The smallest absolute Gasteiger partial charge is 0.460 e. The predicted molar refractivity (Wildman–Crippen MR) is 103 cm³/mol. The topological polar surface area (TPSA) is 52.6 Å². The Morgan fingerprint density at radius 2 is 1.50 bits per heavy atom. The highest BCUT2D eigenvalue weighted by Gasteiger charge is 2.86. The molecule has 1 aromatic carbocycles. The van der Waals surface area contributed by atoms with Gasteiger partial charge in [-0.1, -0.05) is 19.9 Å². The van der Waals surface area contributed by atoms with Gasteiger partial charge in [0, 0.05) is 0 Å². The van der Waals surface area contributed by atoms with E-state index < -0.39 is 44.6 Å². The minimum absolute atomic E-state index is 0.00907. The number of fused-ring (bicyclic) bond motifs is 1. The van der Waals surface area contributed by atoms with Crippen molar-refractivity contribution in [3.05, 3.63) is 41.2 Å². The fourth-order valence-corrected chi connectivity index (χ4v) is 4.85. The van der Waals surface area contributed by atoms with Crippen molar-refractivity contribution >= 4 is 10.1 Å². The van der Waals surface area contributed by atoms with Crippen molar-refractivity contribution < 1.29 is 56.9 Å². The van der Waals surface area contributed by atoms with Gasteiger partial charge in [0.1, 0.15) is 11.5 Å². The molecule has 0 atom stereocenters. The summed E-state index contributed by atoms with van der Waals surface area (Å²) < 4.78 is 153. The van der Waals surface area contributed by atoms with Crippen LogP contribution in [0.5, 0.6) is 5.75 Å². The third kappa shape index (κ3) is 4.11. The molecule has 0 radical (unpaired) electrons. The Labute approximate surface area is 189 Å². The van der Waals surface area contributed by atoms with E-state index in [2.05, 4.69) is 4.18 Å². The lowest BCUT2D eigenvalue weighted by Crippen LogP contribution is -2.63. The molecule has 4 nitrogen and oxygen atoms in total. The first kappa shape index (κ1) is 28.1. The standard InChI is InChI=1S/C20H21F9O4S/c1-4-16(5-2)14-10-9-13(32-3)11-12(14)7-6-8-15(16)33-34(30,31)20(28,29)18(23,24)17(21,22)19(25,26)27/h8-11H,4-7H2,1-3H3. The lowest BCUT2D eigenvalue weighted by Gasteiger charge is -2.37. The van der Waals surface area contributed by atoms with Crippen molar-refractivity contribution in [2.45, 2.75) is 68.2 Å². The molecule has 1 aromatic rings. The van der Waals surface area contributed by atoms with Gasteiger partial charge in [0.25, 0.3) is 0 Å². The van der Waals surface area contributed by atoms with Crippen molar-refractivity contribution in [3.8, 4) is 5.75 Å². The molecule has 34 heavy (non-hydrogen) atoms. The Bertz CT molecular complexity index is 1040. The van der Waals surface area contributed by atoms with E-state index in [1.165, 1.54) is 33.1 Å². The van der Waals surface area contributed by atoms with Crippen LogP contribution in [0.1, 0.15) is 44.2 Å². The Morgan fingerprint density at radius 1 is 0.941 bits per heavy atom. The number of benzene rings is 1. The third-order valence-corrected chi connectivity index (χ3v) is 7.16. The van der Waals surface area contributed by atoms with E-state index in [9.17, 15) is 47.9 Å². The number of halogens is 9. The van der Waals surface area contributed by atoms with E-state index in [4.69, 9.17) is 4.74 Å². The van der Waals surface area contributed by atoms with Crippen LogP contribution in [-0.4, -0.2) is 38.8 Å². The molecule has 14 heteroatoms. The minimum atomic E-state index is -7.37. The number of hydrogen-bond acceptors (Lipinski definition) is 4. The van der Waals surface area contributed by atoms with Crippen LogP contribution in [-0.2, 0) is 26.1 Å². The average Bonchev–Trinajstić information content (AvgIpc) is 2.88. The van der Waals surface area contributed by atoms with Crippen LogP contribution in [0.3, 0.4) is 0 Å². The summed E-state index contributed by atoms with van der Waals surface area (Å²) >= 11 is 0. The Balaban J connectivity index is 2.61. The molecule has 1 aliphatic carbocycles. The quantitative estimate of drug-likeness (QED) is 0.291. The van der Waals surface area contributed by atoms with Gasteiger partial charge in [0.2, 0.25) is 0 Å². The first-order valence-corrected chi connectivity index (χ1v) is 11.3. The number of alkyl halides is 9. The second kappa shape index (κ2) is 8.83. The van der Waals surface area contributed by atoms with Gasteiger partial charge < -0.3 is 8.92 Å². The summed E-state index contributed by atoms with van der Waals surface area (Å²) in [5.41, 5.74) is -0.507. The molecule has 0 unspecified atom stereocenters. The summed E-state index contributed by atoms with van der Waals surface area (Å²) in [6.07, 6.45) is -5.97. The van der Waals surface area contributed by atoms with Crippen LogP contribution >= 0.6 is 0 Å². The maximum Gasteiger partial charge on any atom is 0.460 e. The summed E-state index contributed by atoms with van der Waals surface area (Å²) in [6, 6.07) is 4.55. The van der Waals surface area contributed by atoms with Gasteiger partial charge in [-0.15, -0.1) is 0 Å². The van der Waals surface area contributed by atoms with Crippen molar-refractivity contribution in [2.24, 2.45) is 0 Å². The molecule has 2 rings (SSSR count). The van der Waals surface area contributed by atoms with Crippen LogP contribution < -0.4 is 4.74 Å². The van der Waals surface area contributed by atoms with Crippen molar-refractivity contribution in [3.63, 3.8) is 0 Å². The zero-order valence-corrected chi connectivity index (χ0v) is 18.9. The van der Waals surface area contributed by atoms with E-state index in [0.717, 1.165) is 6.08 Å². The molecule has 0 aliphatic heterocycles. The first-order valence-electron chi connectivity index (χ1n) is 9.88. The van der Waals surface area contributed by atoms with Crippen LogP contribution in [0, 0.1) is 0 Å². The van der Waals surface area contributed by atoms with Crippen molar-refractivity contribution in [1.29, 1.82) is 0 Å². The highest BCUT2D eigenvalue weighted by molar-refractivity contribution is 7.88. The Morgan fingerprint density at radius 3 is 1.97 bits per heavy atom. The maximum absolute atomic E-state index is 14.2. The molecule has 0 amide bonds. The molecule has 0 fully saturated rings. The van der Waals surface area contributed by atoms with E-state index in [1.54, 1.807) is 6.07 Å². The van der Waals surface area contributed by atoms with E-state index in [0.29, 0.717) is 16.9 Å². The molecule has 0 aromatic heterocycles. The van der Waals surface area contributed by atoms with E-state index in [-0.39, 0.29) is 25.7 Å². The molecule has 0 N–H and O–H groups in total. The Kier molecular flexibility index (Phi) is 7.30. The van der Waals surface area contributed by atoms with Crippen LogP contribution in [0.15, 0.2) is 30.0 Å². The van der Waals surface area contributed by atoms with Crippen LogP contribution in [0.2, 0.25) is 0 Å². The fourth-order valence-electron chi connectivity index (χ4n) is 3.84. The highest BCUT2D eigenvalue weighted by atomic mass is 32.2. The number of rotatable bonds is 8. The number of aryl methyl sites for hydroxylation is 1. The molecule has 0 bridgehead atoms. The lowest BCUT2D eigenvalue weighted by molar-refractivity contribution is -0.382. The highest BCUT2D eigenvalue weighted by Crippen LogP contribution is 2.56. The molecule has 1 aliphatic rings. The fraction of sp³-hybridized carbons (Fsp3) is 0.600. The van der Waals surface area contributed by atoms with Gasteiger partial charge in [-0.3, -0.25) is 0 Å². The molecular formula is C20H21F9O4S. The van der Waals surface area contributed by atoms with Crippen molar-refractivity contribution in [1.82, 2.24) is 0 Å². The van der Waals surface area contributed by atoms with Gasteiger partial charge in [0.05, 0.1) is 12.5 Å². The van der Waals surface area contributed by atoms with Gasteiger partial charge in [-0.25, -0.2) is 0 Å².